The van der Waals surface area contributed by atoms with E-state index in [1.807, 2.05) is 47.4 Å². The molecule has 0 atom stereocenters. The van der Waals surface area contributed by atoms with Crippen molar-refractivity contribution in [2.75, 3.05) is 5.73 Å². The average Bonchev–Trinajstić information content (AvgIpc) is 3.00. The molecule has 0 aliphatic rings. The van der Waals surface area contributed by atoms with Crippen LogP contribution in [0.3, 0.4) is 0 Å². The molecule has 0 bridgehead atoms. The summed E-state index contributed by atoms with van der Waals surface area (Å²) < 4.78 is 2.04. The zero-order valence-corrected chi connectivity index (χ0v) is 9.89. The van der Waals surface area contributed by atoms with E-state index >= 15 is 0 Å². The van der Waals surface area contributed by atoms with E-state index in [1.165, 1.54) is 4.88 Å². The molecule has 2 N–H and O–H groups in total. The molecule has 84 valence electrons. The van der Waals surface area contributed by atoms with Gasteiger partial charge in [-0.25, -0.2) is 4.98 Å². The van der Waals surface area contributed by atoms with Gasteiger partial charge < -0.3 is 5.73 Å². The van der Waals surface area contributed by atoms with E-state index in [-0.39, 0.29) is 0 Å². The molecule has 0 aliphatic heterocycles. The Morgan fingerprint density at radius 1 is 1.18 bits per heavy atom. The second-order valence-corrected chi connectivity index (χ2v) is 4.67. The number of imidazole rings is 1. The number of benzene rings is 1. The van der Waals surface area contributed by atoms with Gasteiger partial charge in [0.1, 0.15) is 0 Å². The van der Waals surface area contributed by atoms with Crippen molar-refractivity contribution in [2.24, 2.45) is 0 Å². The average molecular weight is 241 g/mol. The lowest BCUT2D eigenvalue weighted by Gasteiger charge is -2.07. The fourth-order valence-corrected chi connectivity index (χ4v) is 2.51. The Morgan fingerprint density at radius 2 is 2.12 bits per heavy atom. The van der Waals surface area contributed by atoms with Crippen molar-refractivity contribution in [3.63, 3.8) is 0 Å². The van der Waals surface area contributed by atoms with Gasteiger partial charge in [-0.1, -0.05) is 12.1 Å². The van der Waals surface area contributed by atoms with Crippen molar-refractivity contribution in [1.29, 1.82) is 0 Å². The van der Waals surface area contributed by atoms with Crippen LogP contribution in [0.5, 0.6) is 0 Å². The van der Waals surface area contributed by atoms with E-state index in [0.29, 0.717) is 0 Å². The highest BCUT2D eigenvalue weighted by Crippen LogP contribution is 2.27. The van der Waals surface area contributed by atoms with Crippen LogP contribution in [0.15, 0.2) is 54.3 Å². The summed E-state index contributed by atoms with van der Waals surface area (Å²) in [6.45, 7) is 0. The van der Waals surface area contributed by atoms with Gasteiger partial charge in [-0.15, -0.1) is 11.3 Å². The first-order valence-electron chi connectivity index (χ1n) is 5.27. The topological polar surface area (TPSA) is 43.8 Å². The first-order chi connectivity index (χ1) is 8.34. The number of hydrogen-bond acceptors (Lipinski definition) is 3. The van der Waals surface area contributed by atoms with Crippen LogP contribution >= 0.6 is 11.3 Å². The lowest BCUT2D eigenvalue weighted by Crippen LogP contribution is -1.95. The summed E-state index contributed by atoms with van der Waals surface area (Å²) in [6.07, 6.45) is 3.68. The standard InChI is InChI=1S/C13H11N3S/c14-10-3-1-4-11(7-10)16-9-15-8-12(16)13-5-2-6-17-13/h1-9H,14H2. The van der Waals surface area contributed by atoms with Crippen LogP contribution in [-0.4, -0.2) is 9.55 Å². The van der Waals surface area contributed by atoms with Gasteiger partial charge in [0, 0.05) is 11.4 Å². The minimum Gasteiger partial charge on any atom is -0.399 e. The van der Waals surface area contributed by atoms with Gasteiger partial charge in [0.15, 0.2) is 0 Å². The van der Waals surface area contributed by atoms with E-state index in [4.69, 9.17) is 5.73 Å². The molecule has 0 saturated heterocycles. The number of nitrogens with two attached hydrogens (primary N) is 1. The van der Waals surface area contributed by atoms with Crippen molar-refractivity contribution in [1.82, 2.24) is 9.55 Å². The molecular weight excluding hydrogens is 230 g/mol. The number of rotatable bonds is 2. The zero-order chi connectivity index (χ0) is 11.7. The van der Waals surface area contributed by atoms with Crippen molar-refractivity contribution in [2.45, 2.75) is 0 Å². The van der Waals surface area contributed by atoms with Gasteiger partial charge in [0.2, 0.25) is 0 Å². The minimum atomic E-state index is 0.758. The fourth-order valence-electron chi connectivity index (χ4n) is 1.78. The maximum atomic E-state index is 5.80. The van der Waals surface area contributed by atoms with Crippen LogP contribution < -0.4 is 5.73 Å². The Morgan fingerprint density at radius 3 is 2.88 bits per heavy atom. The third kappa shape index (κ3) is 1.83. The maximum Gasteiger partial charge on any atom is 0.0997 e. The number of nitrogens with zero attached hydrogens (tertiary/aromatic N) is 2. The van der Waals surface area contributed by atoms with Crippen molar-refractivity contribution in [3.8, 4) is 16.3 Å². The molecule has 3 aromatic rings. The monoisotopic (exact) mass is 241 g/mol. The molecule has 3 nitrogen and oxygen atoms in total. The quantitative estimate of drug-likeness (QED) is 0.700. The van der Waals surface area contributed by atoms with Crippen LogP contribution in [0, 0.1) is 0 Å². The molecule has 17 heavy (non-hydrogen) atoms. The smallest absolute Gasteiger partial charge is 0.0997 e. The second kappa shape index (κ2) is 4.07. The van der Waals surface area contributed by atoms with Gasteiger partial charge in [-0.05, 0) is 29.6 Å². The van der Waals surface area contributed by atoms with E-state index in [9.17, 15) is 0 Å². The number of anilines is 1. The first-order valence-corrected chi connectivity index (χ1v) is 6.15. The third-order valence-corrected chi connectivity index (χ3v) is 3.45. The molecule has 2 aromatic heterocycles. The van der Waals surface area contributed by atoms with E-state index in [2.05, 4.69) is 16.4 Å². The van der Waals surface area contributed by atoms with Crippen molar-refractivity contribution < 1.29 is 0 Å². The molecule has 0 unspecified atom stereocenters. The predicted molar refractivity (Wildman–Crippen MR) is 71.3 cm³/mol. The third-order valence-electron chi connectivity index (χ3n) is 2.56. The largest absolute Gasteiger partial charge is 0.399 e. The van der Waals surface area contributed by atoms with Crippen LogP contribution in [0.25, 0.3) is 16.3 Å². The maximum absolute atomic E-state index is 5.80. The summed E-state index contributed by atoms with van der Waals surface area (Å²) in [5.74, 6) is 0. The predicted octanol–water partition coefficient (Wildman–Crippen LogP) is 3.18. The summed E-state index contributed by atoms with van der Waals surface area (Å²) in [7, 11) is 0. The van der Waals surface area contributed by atoms with E-state index in [1.54, 1.807) is 11.3 Å². The molecule has 0 saturated carbocycles. The number of aromatic nitrogens is 2. The molecule has 0 spiro atoms. The van der Waals surface area contributed by atoms with E-state index in [0.717, 1.165) is 17.1 Å². The highest BCUT2D eigenvalue weighted by Gasteiger charge is 2.07. The molecule has 0 radical (unpaired) electrons. The van der Waals surface area contributed by atoms with Gasteiger partial charge >= 0.3 is 0 Å². The second-order valence-electron chi connectivity index (χ2n) is 3.72. The highest BCUT2D eigenvalue weighted by molar-refractivity contribution is 7.13. The molecule has 0 fully saturated rings. The molecule has 3 rings (SSSR count). The summed E-state index contributed by atoms with van der Waals surface area (Å²) in [6, 6.07) is 11.9. The van der Waals surface area contributed by atoms with Crippen LogP contribution in [-0.2, 0) is 0 Å². The molecule has 0 amide bonds. The Labute approximate surface area is 103 Å². The first kappa shape index (κ1) is 10.1. The Hall–Kier alpha value is -2.07. The Balaban J connectivity index is 2.14. The number of hydrogen-bond donors (Lipinski definition) is 1. The molecular formula is C13H11N3S. The molecule has 0 aliphatic carbocycles. The lowest BCUT2D eigenvalue weighted by atomic mass is 10.2. The van der Waals surface area contributed by atoms with Gasteiger partial charge in [0.25, 0.3) is 0 Å². The summed E-state index contributed by atoms with van der Waals surface area (Å²) >= 11 is 1.70. The van der Waals surface area contributed by atoms with Crippen LogP contribution in [0.1, 0.15) is 0 Å². The molecule has 4 heteroatoms. The lowest BCUT2D eigenvalue weighted by molar-refractivity contribution is 1.07. The van der Waals surface area contributed by atoms with Crippen LogP contribution in [0.2, 0.25) is 0 Å². The summed E-state index contributed by atoms with van der Waals surface area (Å²) in [4.78, 5) is 5.41. The summed E-state index contributed by atoms with van der Waals surface area (Å²) in [5, 5.41) is 2.06. The molecule has 2 heterocycles. The molecule has 1 aromatic carbocycles. The number of thiophene rings is 1. The Bertz CT molecular complexity index is 626. The van der Waals surface area contributed by atoms with Crippen molar-refractivity contribution in [3.05, 3.63) is 54.3 Å². The minimum absolute atomic E-state index is 0.758. The SMILES string of the molecule is Nc1cccc(-n2cncc2-c2cccs2)c1. The Kier molecular flexibility index (Phi) is 2.42. The fraction of sp³-hybridized carbons (Fsp3) is 0. The highest BCUT2D eigenvalue weighted by atomic mass is 32.1. The zero-order valence-electron chi connectivity index (χ0n) is 9.08. The van der Waals surface area contributed by atoms with Crippen LogP contribution in [0.4, 0.5) is 5.69 Å². The van der Waals surface area contributed by atoms with E-state index < -0.39 is 0 Å². The van der Waals surface area contributed by atoms with Gasteiger partial charge in [-0.3, -0.25) is 4.57 Å². The number of nitrogen functional groups attached to an aromatic ring is 1. The van der Waals surface area contributed by atoms with Gasteiger partial charge in [-0.2, -0.15) is 0 Å². The summed E-state index contributed by atoms with van der Waals surface area (Å²) in [5.41, 5.74) is 8.68. The van der Waals surface area contributed by atoms with Gasteiger partial charge in [0.05, 0.1) is 23.1 Å². The normalized spacial score (nSPS) is 10.6. The van der Waals surface area contributed by atoms with Crippen molar-refractivity contribution >= 4 is 17.0 Å².